The third-order valence-electron chi connectivity index (χ3n) is 7.07. The van der Waals surface area contributed by atoms with Gasteiger partial charge in [0.1, 0.15) is 6.04 Å². The number of aliphatic hydroxyl groups is 1. The van der Waals surface area contributed by atoms with Gasteiger partial charge in [0.25, 0.3) is 0 Å². The maximum Gasteiger partial charge on any atom is 0.247 e. The Morgan fingerprint density at radius 2 is 1.87 bits per heavy atom. The first kappa shape index (κ1) is 22.4. The SMILES string of the molecule is CCCN1CC=C[C@@H]2S[C@]34C=CCN(C(C)C)C(=O)C3N([C@H](C)CO)C(=O)[C@@H]4[C@@H]2C1=O. The van der Waals surface area contributed by atoms with Crippen molar-refractivity contribution in [1.29, 1.82) is 0 Å². The zero-order valence-corrected chi connectivity index (χ0v) is 19.5. The average molecular weight is 448 g/mol. The predicted molar refractivity (Wildman–Crippen MR) is 120 cm³/mol. The molecule has 3 amide bonds. The van der Waals surface area contributed by atoms with Gasteiger partial charge in [0.05, 0.1) is 29.2 Å². The molecule has 0 saturated carbocycles. The Kier molecular flexibility index (Phi) is 5.98. The average Bonchev–Trinajstić information content (AvgIpc) is 3.06. The van der Waals surface area contributed by atoms with Crippen molar-refractivity contribution < 1.29 is 19.5 Å². The van der Waals surface area contributed by atoms with Crippen molar-refractivity contribution in [3.05, 3.63) is 24.3 Å². The van der Waals surface area contributed by atoms with Crippen molar-refractivity contribution in [3.63, 3.8) is 0 Å². The van der Waals surface area contributed by atoms with Gasteiger partial charge < -0.3 is 19.8 Å². The lowest BCUT2D eigenvalue weighted by atomic mass is 9.78. The molecule has 0 bridgehead atoms. The quantitative estimate of drug-likeness (QED) is 0.642. The number of hydrogen-bond donors (Lipinski definition) is 1. The highest BCUT2D eigenvalue weighted by atomic mass is 32.2. The van der Waals surface area contributed by atoms with E-state index in [9.17, 15) is 19.5 Å². The summed E-state index contributed by atoms with van der Waals surface area (Å²) in [7, 11) is 0. The van der Waals surface area contributed by atoms with E-state index in [0.29, 0.717) is 19.6 Å². The summed E-state index contributed by atoms with van der Waals surface area (Å²) >= 11 is 1.59. The zero-order chi connectivity index (χ0) is 22.5. The molecule has 0 aromatic carbocycles. The number of nitrogens with zero attached hydrogens (tertiary/aromatic N) is 3. The lowest BCUT2D eigenvalue weighted by Crippen LogP contribution is -2.57. The molecule has 0 aromatic heterocycles. The molecule has 2 saturated heterocycles. The second-order valence-corrected chi connectivity index (χ2v) is 10.8. The monoisotopic (exact) mass is 447 g/mol. The number of thioether (sulfide) groups is 1. The molecule has 8 heteroatoms. The highest BCUT2D eigenvalue weighted by Gasteiger charge is 2.71. The molecule has 4 aliphatic heterocycles. The van der Waals surface area contributed by atoms with Gasteiger partial charge in [0.15, 0.2) is 0 Å². The maximum atomic E-state index is 13.9. The van der Waals surface area contributed by atoms with E-state index in [1.807, 2.05) is 43.9 Å². The summed E-state index contributed by atoms with van der Waals surface area (Å²) in [4.78, 5) is 46.4. The van der Waals surface area contributed by atoms with E-state index in [-0.39, 0.29) is 35.6 Å². The fraction of sp³-hybridized carbons (Fsp3) is 0.696. The summed E-state index contributed by atoms with van der Waals surface area (Å²) in [6, 6.07) is -1.22. The number of fused-ring (bicyclic) bond motifs is 2. The van der Waals surface area contributed by atoms with Crippen LogP contribution in [0.5, 0.6) is 0 Å². The molecule has 4 aliphatic rings. The molecule has 2 fully saturated rings. The van der Waals surface area contributed by atoms with E-state index in [1.54, 1.807) is 28.5 Å². The van der Waals surface area contributed by atoms with Gasteiger partial charge in [-0.1, -0.05) is 31.2 Å². The Hall–Kier alpha value is -1.80. The van der Waals surface area contributed by atoms with Crippen molar-refractivity contribution in [2.45, 2.75) is 62.2 Å². The van der Waals surface area contributed by atoms with E-state index in [2.05, 4.69) is 6.08 Å². The van der Waals surface area contributed by atoms with Gasteiger partial charge in [-0.2, -0.15) is 0 Å². The van der Waals surface area contributed by atoms with Gasteiger partial charge in [-0.3, -0.25) is 14.4 Å². The lowest BCUT2D eigenvalue weighted by Gasteiger charge is -2.38. The molecule has 31 heavy (non-hydrogen) atoms. The molecule has 0 aromatic rings. The summed E-state index contributed by atoms with van der Waals surface area (Å²) < 4.78 is -0.800. The van der Waals surface area contributed by atoms with Crippen molar-refractivity contribution >= 4 is 29.5 Å². The normalized spacial score (nSPS) is 35.9. The van der Waals surface area contributed by atoms with E-state index in [1.165, 1.54) is 0 Å². The summed E-state index contributed by atoms with van der Waals surface area (Å²) in [5.74, 6) is -1.38. The molecule has 1 unspecified atom stereocenters. The van der Waals surface area contributed by atoms with E-state index < -0.39 is 28.7 Å². The number of aliphatic hydroxyl groups excluding tert-OH is 1. The summed E-state index contributed by atoms with van der Waals surface area (Å²) in [5.41, 5.74) is 0. The van der Waals surface area contributed by atoms with Crippen LogP contribution in [0.3, 0.4) is 0 Å². The molecule has 0 radical (unpaired) electrons. The standard InChI is InChI=1S/C23H33N3O4S/c1-5-10-24-11-6-8-16-17(20(24)28)18-21(29)26(15(4)13-27)19-22(30)25(14(2)3)12-7-9-23(18,19)31-16/h6-9,14-19,27H,5,10-13H2,1-4H3/t15-,16+,17-,18+,19?,23+/m1/s1. The number of likely N-dealkylation sites (tertiary alicyclic amines) is 1. The Labute approximate surface area is 188 Å². The highest BCUT2D eigenvalue weighted by Crippen LogP contribution is 2.61. The fourth-order valence-corrected chi connectivity index (χ4v) is 7.64. The number of carbonyl (C=O) groups is 3. The van der Waals surface area contributed by atoms with E-state index in [0.717, 1.165) is 6.42 Å². The van der Waals surface area contributed by atoms with Crippen LogP contribution in [-0.2, 0) is 14.4 Å². The second-order valence-electron chi connectivity index (χ2n) is 9.32. The third-order valence-corrected chi connectivity index (χ3v) is 8.81. The molecular weight excluding hydrogens is 414 g/mol. The lowest BCUT2D eigenvalue weighted by molar-refractivity contribution is -0.147. The number of amides is 3. The number of hydrogen-bond acceptors (Lipinski definition) is 5. The van der Waals surface area contributed by atoms with Crippen molar-refractivity contribution in [3.8, 4) is 0 Å². The van der Waals surface area contributed by atoms with Crippen LogP contribution < -0.4 is 0 Å². The van der Waals surface area contributed by atoms with Gasteiger partial charge in [0.2, 0.25) is 17.7 Å². The van der Waals surface area contributed by atoms with Crippen molar-refractivity contribution in [2.24, 2.45) is 11.8 Å². The minimum atomic E-state index is -0.800. The van der Waals surface area contributed by atoms with Crippen LogP contribution in [0.1, 0.15) is 34.1 Å². The predicted octanol–water partition coefficient (Wildman–Crippen LogP) is 1.28. The van der Waals surface area contributed by atoms with Crippen LogP contribution in [0.2, 0.25) is 0 Å². The fourth-order valence-electron chi connectivity index (χ4n) is 5.64. The molecular formula is C23H33N3O4S. The maximum absolute atomic E-state index is 13.9. The summed E-state index contributed by atoms with van der Waals surface area (Å²) in [6.45, 7) is 9.23. The number of rotatable bonds is 5. The minimum absolute atomic E-state index is 0.00244. The third kappa shape index (κ3) is 3.25. The topological polar surface area (TPSA) is 81.2 Å². The van der Waals surface area contributed by atoms with Gasteiger partial charge >= 0.3 is 0 Å². The van der Waals surface area contributed by atoms with Crippen molar-refractivity contribution in [2.75, 3.05) is 26.2 Å². The molecule has 4 rings (SSSR count). The van der Waals surface area contributed by atoms with E-state index in [4.69, 9.17) is 0 Å². The zero-order valence-electron chi connectivity index (χ0n) is 18.7. The molecule has 4 heterocycles. The van der Waals surface area contributed by atoms with Crippen LogP contribution in [0.15, 0.2) is 24.3 Å². The Bertz CT molecular complexity index is 828. The number of carbonyl (C=O) groups excluding carboxylic acids is 3. The Balaban J connectivity index is 1.84. The Morgan fingerprint density at radius 3 is 2.52 bits per heavy atom. The van der Waals surface area contributed by atoms with E-state index >= 15 is 0 Å². The second kappa shape index (κ2) is 8.28. The van der Waals surface area contributed by atoms with Crippen LogP contribution in [0, 0.1) is 11.8 Å². The van der Waals surface area contributed by atoms with Crippen LogP contribution in [-0.4, -0.2) is 91.9 Å². The van der Waals surface area contributed by atoms with Crippen LogP contribution >= 0.6 is 11.8 Å². The summed E-state index contributed by atoms with van der Waals surface area (Å²) in [5, 5.41) is 9.77. The van der Waals surface area contributed by atoms with Crippen molar-refractivity contribution in [1.82, 2.24) is 14.7 Å². The Morgan fingerprint density at radius 1 is 1.13 bits per heavy atom. The first-order valence-corrected chi connectivity index (χ1v) is 12.2. The molecule has 6 atom stereocenters. The van der Waals surface area contributed by atoms with Gasteiger partial charge in [-0.25, -0.2) is 0 Å². The first-order chi connectivity index (χ1) is 14.8. The molecule has 7 nitrogen and oxygen atoms in total. The molecule has 170 valence electrons. The first-order valence-electron chi connectivity index (χ1n) is 11.3. The highest BCUT2D eigenvalue weighted by molar-refractivity contribution is 8.02. The molecule has 1 N–H and O–H groups in total. The van der Waals surface area contributed by atoms with Gasteiger partial charge in [-0.05, 0) is 27.2 Å². The molecule has 0 aliphatic carbocycles. The van der Waals surface area contributed by atoms with Gasteiger partial charge in [-0.15, -0.1) is 11.8 Å². The van der Waals surface area contributed by atoms with Crippen LogP contribution in [0.4, 0.5) is 0 Å². The molecule has 1 spiro atoms. The largest absolute Gasteiger partial charge is 0.394 e. The smallest absolute Gasteiger partial charge is 0.247 e. The minimum Gasteiger partial charge on any atom is -0.394 e. The van der Waals surface area contributed by atoms with Crippen LogP contribution in [0.25, 0.3) is 0 Å². The summed E-state index contributed by atoms with van der Waals surface area (Å²) in [6.07, 6.45) is 8.95. The van der Waals surface area contributed by atoms with Gasteiger partial charge in [0, 0.05) is 30.9 Å².